The van der Waals surface area contributed by atoms with Crippen molar-refractivity contribution in [2.75, 3.05) is 52.0 Å². The number of nitrogens with two attached hydrogens (primary N) is 1. The molecule has 106 valence electrons. The molecule has 0 saturated heterocycles. The number of hydrogen-bond acceptors (Lipinski definition) is 6. The number of methoxy groups -OCH3 is 1. The van der Waals surface area contributed by atoms with Crippen LogP contribution in [-0.2, 0) is 0 Å². The highest BCUT2D eigenvalue weighted by Gasteiger charge is 2.20. The molecule has 7 nitrogen and oxygen atoms in total. The molecule has 0 saturated carbocycles. The maximum absolute atomic E-state index is 11.1. The number of ether oxygens (including phenoxy) is 1. The normalized spacial score (nSPS) is 10.6. The first-order valence-electron chi connectivity index (χ1n) is 5.84. The van der Waals surface area contributed by atoms with E-state index in [0.29, 0.717) is 18.0 Å². The third kappa shape index (κ3) is 3.72. The SMILES string of the molecule is COc1cc(N(C)CCN(C)C)c([N+](=O)[O-])cc1N. The monoisotopic (exact) mass is 268 g/mol. The number of nitro groups is 1. The molecule has 1 rings (SSSR count). The lowest BCUT2D eigenvalue weighted by Gasteiger charge is -2.22. The van der Waals surface area contributed by atoms with Crippen molar-refractivity contribution in [2.24, 2.45) is 0 Å². The van der Waals surface area contributed by atoms with Gasteiger partial charge in [-0.15, -0.1) is 0 Å². The van der Waals surface area contributed by atoms with Gasteiger partial charge in [-0.25, -0.2) is 0 Å². The number of nitrogen functional groups attached to an aromatic ring is 1. The van der Waals surface area contributed by atoms with E-state index in [1.807, 2.05) is 30.9 Å². The number of nitrogens with zero attached hydrogens (tertiary/aromatic N) is 3. The fourth-order valence-electron chi connectivity index (χ4n) is 1.67. The second-order valence-corrected chi connectivity index (χ2v) is 4.56. The molecule has 0 aliphatic rings. The Morgan fingerprint density at radius 3 is 2.42 bits per heavy atom. The van der Waals surface area contributed by atoms with Gasteiger partial charge in [0.05, 0.1) is 17.7 Å². The fourth-order valence-corrected chi connectivity index (χ4v) is 1.67. The Morgan fingerprint density at radius 1 is 1.32 bits per heavy atom. The van der Waals surface area contributed by atoms with E-state index < -0.39 is 4.92 Å². The number of hydrogen-bond donors (Lipinski definition) is 1. The van der Waals surface area contributed by atoms with Crippen molar-refractivity contribution in [1.29, 1.82) is 0 Å². The third-order valence-corrected chi connectivity index (χ3v) is 2.82. The maximum Gasteiger partial charge on any atom is 0.294 e. The van der Waals surface area contributed by atoms with E-state index in [2.05, 4.69) is 0 Å². The van der Waals surface area contributed by atoms with Crippen molar-refractivity contribution >= 4 is 17.1 Å². The van der Waals surface area contributed by atoms with Crippen LogP contribution >= 0.6 is 0 Å². The van der Waals surface area contributed by atoms with Crippen LogP contribution in [0.5, 0.6) is 5.75 Å². The Bertz CT molecular complexity index is 463. The Morgan fingerprint density at radius 2 is 1.95 bits per heavy atom. The van der Waals surface area contributed by atoms with Crippen molar-refractivity contribution < 1.29 is 9.66 Å². The number of benzene rings is 1. The van der Waals surface area contributed by atoms with Crippen LogP contribution in [0, 0.1) is 10.1 Å². The van der Waals surface area contributed by atoms with Gasteiger partial charge in [-0.2, -0.15) is 0 Å². The number of rotatable bonds is 6. The van der Waals surface area contributed by atoms with Crippen LogP contribution in [0.4, 0.5) is 17.1 Å². The predicted octanol–water partition coefficient (Wildman–Crippen LogP) is 1.18. The number of likely N-dealkylation sites (N-methyl/N-ethyl adjacent to an activating group) is 2. The Kier molecular flexibility index (Phi) is 4.94. The molecular weight excluding hydrogens is 248 g/mol. The zero-order valence-corrected chi connectivity index (χ0v) is 11.7. The fraction of sp³-hybridized carbons (Fsp3) is 0.500. The van der Waals surface area contributed by atoms with Crippen LogP contribution in [-0.4, -0.2) is 51.2 Å². The van der Waals surface area contributed by atoms with Gasteiger partial charge in [-0.05, 0) is 14.1 Å². The minimum atomic E-state index is -0.433. The van der Waals surface area contributed by atoms with Crippen molar-refractivity contribution in [2.45, 2.75) is 0 Å². The lowest BCUT2D eigenvalue weighted by molar-refractivity contribution is -0.384. The van der Waals surface area contributed by atoms with E-state index >= 15 is 0 Å². The first kappa shape index (κ1) is 15.0. The third-order valence-electron chi connectivity index (χ3n) is 2.82. The zero-order valence-electron chi connectivity index (χ0n) is 11.7. The van der Waals surface area contributed by atoms with Gasteiger partial charge in [0, 0.05) is 32.3 Å². The molecule has 0 radical (unpaired) electrons. The molecular formula is C12H20N4O3. The minimum absolute atomic E-state index is 0.0143. The Hall–Kier alpha value is -2.02. The molecule has 1 aromatic rings. The predicted molar refractivity (Wildman–Crippen MR) is 75.9 cm³/mol. The molecule has 19 heavy (non-hydrogen) atoms. The van der Waals surface area contributed by atoms with Gasteiger partial charge in [-0.3, -0.25) is 10.1 Å². The summed E-state index contributed by atoms with van der Waals surface area (Å²) in [6.07, 6.45) is 0. The van der Waals surface area contributed by atoms with E-state index in [4.69, 9.17) is 10.5 Å². The summed E-state index contributed by atoms with van der Waals surface area (Å²) >= 11 is 0. The summed E-state index contributed by atoms with van der Waals surface area (Å²) in [5.74, 6) is 0.442. The van der Waals surface area contributed by atoms with E-state index in [-0.39, 0.29) is 11.4 Å². The highest BCUT2D eigenvalue weighted by molar-refractivity contribution is 5.73. The standard InChI is InChI=1S/C12H20N4O3/c1-14(2)5-6-15(3)10-8-12(19-4)9(13)7-11(10)16(17)18/h7-8H,5-6,13H2,1-4H3. The first-order valence-corrected chi connectivity index (χ1v) is 5.84. The van der Waals surface area contributed by atoms with Crippen LogP contribution in [0.3, 0.4) is 0 Å². The topological polar surface area (TPSA) is 84.9 Å². The molecule has 1 aromatic carbocycles. The molecule has 0 spiro atoms. The molecule has 0 bridgehead atoms. The van der Waals surface area contributed by atoms with E-state index in [1.165, 1.54) is 13.2 Å². The minimum Gasteiger partial charge on any atom is -0.495 e. The lowest BCUT2D eigenvalue weighted by atomic mass is 10.2. The van der Waals surface area contributed by atoms with Crippen LogP contribution in [0.15, 0.2) is 12.1 Å². The van der Waals surface area contributed by atoms with Gasteiger partial charge < -0.3 is 20.3 Å². The summed E-state index contributed by atoms with van der Waals surface area (Å²) in [6, 6.07) is 2.93. The lowest BCUT2D eigenvalue weighted by Crippen LogP contribution is -2.28. The number of nitro benzene ring substituents is 1. The molecule has 0 atom stereocenters. The molecule has 0 amide bonds. The highest BCUT2D eigenvalue weighted by atomic mass is 16.6. The van der Waals surface area contributed by atoms with Crippen LogP contribution < -0.4 is 15.4 Å². The molecule has 0 heterocycles. The second-order valence-electron chi connectivity index (χ2n) is 4.56. The summed E-state index contributed by atoms with van der Waals surface area (Å²) in [4.78, 5) is 14.5. The average Bonchev–Trinajstić information content (AvgIpc) is 2.35. The average molecular weight is 268 g/mol. The van der Waals surface area contributed by atoms with Gasteiger partial charge in [0.2, 0.25) is 0 Å². The summed E-state index contributed by atoms with van der Waals surface area (Å²) in [7, 11) is 7.19. The van der Waals surface area contributed by atoms with Gasteiger partial charge in [0.15, 0.2) is 0 Å². The Labute approximate surface area is 112 Å². The molecule has 7 heteroatoms. The molecule has 0 aliphatic carbocycles. The maximum atomic E-state index is 11.1. The highest BCUT2D eigenvalue weighted by Crippen LogP contribution is 2.36. The molecule has 0 unspecified atom stereocenters. The molecule has 2 N–H and O–H groups in total. The second kappa shape index (κ2) is 6.24. The van der Waals surface area contributed by atoms with Gasteiger partial charge >= 0.3 is 0 Å². The van der Waals surface area contributed by atoms with Crippen molar-refractivity contribution in [3.05, 3.63) is 22.2 Å². The van der Waals surface area contributed by atoms with Crippen molar-refractivity contribution in [3.63, 3.8) is 0 Å². The molecule has 0 aliphatic heterocycles. The molecule has 0 fully saturated rings. The quantitative estimate of drug-likeness (QED) is 0.474. The largest absolute Gasteiger partial charge is 0.495 e. The van der Waals surface area contributed by atoms with Crippen LogP contribution in [0.25, 0.3) is 0 Å². The van der Waals surface area contributed by atoms with Crippen molar-refractivity contribution in [1.82, 2.24) is 4.90 Å². The number of anilines is 2. The van der Waals surface area contributed by atoms with E-state index in [9.17, 15) is 10.1 Å². The van der Waals surface area contributed by atoms with Gasteiger partial charge in [0.1, 0.15) is 11.4 Å². The van der Waals surface area contributed by atoms with Gasteiger partial charge in [-0.1, -0.05) is 0 Å². The van der Waals surface area contributed by atoms with E-state index in [1.54, 1.807) is 6.07 Å². The van der Waals surface area contributed by atoms with E-state index in [0.717, 1.165) is 6.54 Å². The Balaban J connectivity index is 3.12. The summed E-state index contributed by atoms with van der Waals surface area (Å²) in [5.41, 5.74) is 6.45. The van der Waals surface area contributed by atoms with Crippen LogP contribution in [0.2, 0.25) is 0 Å². The molecule has 0 aromatic heterocycles. The van der Waals surface area contributed by atoms with Crippen molar-refractivity contribution in [3.8, 4) is 5.75 Å². The summed E-state index contributed by atoms with van der Waals surface area (Å²) in [5, 5.41) is 11.1. The van der Waals surface area contributed by atoms with Gasteiger partial charge in [0.25, 0.3) is 5.69 Å². The smallest absolute Gasteiger partial charge is 0.294 e. The summed E-state index contributed by atoms with van der Waals surface area (Å²) in [6.45, 7) is 1.46. The van der Waals surface area contributed by atoms with Crippen LogP contribution in [0.1, 0.15) is 0 Å². The summed E-state index contributed by atoms with van der Waals surface area (Å²) < 4.78 is 5.11. The zero-order chi connectivity index (χ0) is 14.6. The first-order chi connectivity index (χ1) is 8.86.